The minimum Gasteiger partial charge on any atom is -0.310 e. The monoisotopic (exact) mass is 258 g/mol. The van der Waals surface area contributed by atoms with E-state index in [0.717, 1.165) is 22.4 Å². The van der Waals surface area contributed by atoms with Crippen LogP contribution in [-0.4, -0.2) is 11.0 Å². The predicted molar refractivity (Wildman–Crippen MR) is 76.3 cm³/mol. The minimum atomic E-state index is -0.199. The van der Waals surface area contributed by atoms with E-state index in [1.54, 1.807) is 12.3 Å². The van der Waals surface area contributed by atoms with Crippen LogP contribution in [0.4, 0.5) is 4.39 Å². The summed E-state index contributed by atoms with van der Waals surface area (Å²) in [5.74, 6) is -0.199. The molecule has 0 amide bonds. The molecule has 1 heterocycles. The van der Waals surface area contributed by atoms with E-state index < -0.39 is 0 Å². The van der Waals surface area contributed by atoms with Crippen molar-refractivity contribution < 1.29 is 4.39 Å². The molecular formula is C16H19FN2. The molecule has 0 saturated heterocycles. The lowest BCUT2D eigenvalue weighted by Gasteiger charge is -2.13. The van der Waals surface area contributed by atoms with Gasteiger partial charge in [0.1, 0.15) is 5.82 Å². The van der Waals surface area contributed by atoms with Gasteiger partial charge in [-0.15, -0.1) is 0 Å². The maximum atomic E-state index is 13.4. The van der Waals surface area contributed by atoms with Crippen molar-refractivity contribution in [2.45, 2.75) is 33.4 Å². The Morgan fingerprint density at radius 2 is 2.00 bits per heavy atom. The topological polar surface area (TPSA) is 24.9 Å². The molecule has 0 aliphatic carbocycles. The molecule has 0 spiro atoms. The van der Waals surface area contributed by atoms with Crippen molar-refractivity contribution in [3.8, 4) is 11.1 Å². The second-order valence-corrected chi connectivity index (χ2v) is 5.02. The molecule has 0 bridgehead atoms. The summed E-state index contributed by atoms with van der Waals surface area (Å²) in [6.07, 6.45) is 1.79. The highest BCUT2D eigenvalue weighted by molar-refractivity contribution is 5.67. The molecule has 0 unspecified atom stereocenters. The van der Waals surface area contributed by atoms with Crippen molar-refractivity contribution in [3.63, 3.8) is 0 Å². The number of halogens is 1. The van der Waals surface area contributed by atoms with Gasteiger partial charge in [-0.25, -0.2) is 4.39 Å². The van der Waals surface area contributed by atoms with Crippen LogP contribution in [0.3, 0.4) is 0 Å². The van der Waals surface area contributed by atoms with Crippen molar-refractivity contribution in [2.24, 2.45) is 0 Å². The fraction of sp³-hybridized carbons (Fsp3) is 0.312. The number of pyridine rings is 1. The highest BCUT2D eigenvalue weighted by Gasteiger charge is 2.07. The van der Waals surface area contributed by atoms with Crippen molar-refractivity contribution in [2.75, 3.05) is 0 Å². The van der Waals surface area contributed by atoms with Crippen molar-refractivity contribution in [1.29, 1.82) is 0 Å². The summed E-state index contributed by atoms with van der Waals surface area (Å²) in [4.78, 5) is 4.20. The summed E-state index contributed by atoms with van der Waals surface area (Å²) < 4.78 is 13.4. The van der Waals surface area contributed by atoms with Gasteiger partial charge in [0.05, 0.1) is 0 Å². The molecule has 0 radical (unpaired) electrons. The van der Waals surface area contributed by atoms with E-state index in [1.807, 2.05) is 25.1 Å². The van der Waals surface area contributed by atoms with E-state index >= 15 is 0 Å². The van der Waals surface area contributed by atoms with E-state index in [9.17, 15) is 4.39 Å². The molecule has 19 heavy (non-hydrogen) atoms. The Kier molecular flexibility index (Phi) is 4.27. The van der Waals surface area contributed by atoms with E-state index in [0.29, 0.717) is 12.6 Å². The zero-order chi connectivity index (χ0) is 13.8. The third-order valence-electron chi connectivity index (χ3n) is 2.98. The molecule has 100 valence electrons. The number of aromatic nitrogens is 1. The second-order valence-electron chi connectivity index (χ2n) is 5.02. The largest absolute Gasteiger partial charge is 0.310 e. The summed E-state index contributed by atoms with van der Waals surface area (Å²) >= 11 is 0. The first-order valence-electron chi connectivity index (χ1n) is 6.51. The van der Waals surface area contributed by atoms with Crippen LogP contribution < -0.4 is 5.32 Å². The molecule has 0 aliphatic heterocycles. The summed E-state index contributed by atoms with van der Waals surface area (Å²) in [7, 11) is 0. The Morgan fingerprint density at radius 3 is 2.68 bits per heavy atom. The molecule has 1 aromatic heterocycles. The van der Waals surface area contributed by atoms with Crippen LogP contribution in [0.25, 0.3) is 11.1 Å². The number of nitrogens with zero attached hydrogens (tertiary/aromatic N) is 1. The lowest BCUT2D eigenvalue weighted by Crippen LogP contribution is -2.22. The van der Waals surface area contributed by atoms with Crippen LogP contribution in [0.5, 0.6) is 0 Å². The molecule has 2 rings (SSSR count). The first-order chi connectivity index (χ1) is 9.06. The third-order valence-corrected chi connectivity index (χ3v) is 2.98. The first-order valence-corrected chi connectivity index (χ1v) is 6.51. The number of nitrogens with one attached hydrogen (secondary N) is 1. The van der Waals surface area contributed by atoms with Crippen LogP contribution in [-0.2, 0) is 6.54 Å². The van der Waals surface area contributed by atoms with Crippen LogP contribution in [0.2, 0.25) is 0 Å². The SMILES string of the molecule is Cc1cc(-c2ccc(F)cc2CNC(C)C)ccn1. The fourth-order valence-electron chi connectivity index (χ4n) is 2.02. The lowest BCUT2D eigenvalue weighted by molar-refractivity contribution is 0.582. The average molecular weight is 258 g/mol. The summed E-state index contributed by atoms with van der Waals surface area (Å²) in [5.41, 5.74) is 4.07. The van der Waals surface area contributed by atoms with Crippen LogP contribution in [0.1, 0.15) is 25.1 Å². The van der Waals surface area contributed by atoms with Crippen LogP contribution >= 0.6 is 0 Å². The van der Waals surface area contributed by atoms with Gasteiger partial charge in [-0.2, -0.15) is 0 Å². The van der Waals surface area contributed by atoms with Gasteiger partial charge in [0.25, 0.3) is 0 Å². The third kappa shape index (κ3) is 3.61. The smallest absolute Gasteiger partial charge is 0.123 e. The van der Waals surface area contributed by atoms with Crippen molar-refractivity contribution in [3.05, 3.63) is 53.6 Å². The van der Waals surface area contributed by atoms with Gasteiger partial charge in [-0.05, 0) is 47.9 Å². The predicted octanol–water partition coefficient (Wildman–Crippen LogP) is 3.69. The maximum absolute atomic E-state index is 13.4. The molecule has 0 aliphatic rings. The number of benzene rings is 1. The van der Waals surface area contributed by atoms with Gasteiger partial charge in [0.2, 0.25) is 0 Å². The molecule has 0 atom stereocenters. The maximum Gasteiger partial charge on any atom is 0.123 e. The van der Waals surface area contributed by atoms with E-state index in [4.69, 9.17) is 0 Å². The summed E-state index contributed by atoms with van der Waals surface area (Å²) in [5, 5.41) is 3.33. The number of hydrogen-bond donors (Lipinski definition) is 1. The van der Waals surface area contributed by atoms with Gasteiger partial charge < -0.3 is 5.32 Å². The normalized spacial score (nSPS) is 11.0. The molecule has 1 N–H and O–H groups in total. The number of hydrogen-bond acceptors (Lipinski definition) is 2. The highest BCUT2D eigenvalue weighted by atomic mass is 19.1. The van der Waals surface area contributed by atoms with E-state index in [-0.39, 0.29) is 5.82 Å². The van der Waals surface area contributed by atoms with Gasteiger partial charge in [0, 0.05) is 24.5 Å². The Hall–Kier alpha value is -1.74. The Morgan fingerprint density at radius 1 is 1.21 bits per heavy atom. The minimum absolute atomic E-state index is 0.199. The van der Waals surface area contributed by atoms with Crippen LogP contribution in [0.15, 0.2) is 36.5 Å². The summed E-state index contributed by atoms with van der Waals surface area (Å²) in [6.45, 7) is 6.77. The van der Waals surface area contributed by atoms with Gasteiger partial charge in [0.15, 0.2) is 0 Å². The standard InChI is InChI=1S/C16H19FN2/c1-11(2)19-10-14-9-15(17)4-5-16(14)13-6-7-18-12(3)8-13/h4-9,11,19H,10H2,1-3H3. The van der Waals surface area contributed by atoms with Crippen molar-refractivity contribution in [1.82, 2.24) is 10.3 Å². The van der Waals surface area contributed by atoms with Gasteiger partial charge >= 0.3 is 0 Å². The lowest BCUT2D eigenvalue weighted by atomic mass is 9.99. The Balaban J connectivity index is 2.38. The van der Waals surface area contributed by atoms with E-state index in [2.05, 4.69) is 24.1 Å². The van der Waals surface area contributed by atoms with Crippen molar-refractivity contribution >= 4 is 0 Å². The molecule has 2 aromatic rings. The molecule has 3 heteroatoms. The quantitative estimate of drug-likeness (QED) is 0.904. The average Bonchev–Trinajstić information content (AvgIpc) is 2.36. The van der Waals surface area contributed by atoms with E-state index in [1.165, 1.54) is 6.07 Å². The molecule has 0 saturated carbocycles. The molecular weight excluding hydrogens is 239 g/mol. The molecule has 2 nitrogen and oxygen atoms in total. The fourth-order valence-corrected chi connectivity index (χ4v) is 2.02. The molecule has 1 aromatic carbocycles. The second kappa shape index (κ2) is 5.93. The number of aryl methyl sites for hydroxylation is 1. The van der Waals surface area contributed by atoms with Crippen LogP contribution in [0, 0.1) is 12.7 Å². The summed E-state index contributed by atoms with van der Waals surface area (Å²) in [6, 6.07) is 9.28. The number of rotatable bonds is 4. The zero-order valence-corrected chi connectivity index (χ0v) is 11.6. The van der Waals surface area contributed by atoms with Gasteiger partial charge in [-0.3, -0.25) is 4.98 Å². The highest BCUT2D eigenvalue weighted by Crippen LogP contribution is 2.24. The zero-order valence-electron chi connectivity index (χ0n) is 11.6. The first kappa shape index (κ1) is 13.7. The Labute approximate surface area is 113 Å². The van der Waals surface area contributed by atoms with Gasteiger partial charge in [-0.1, -0.05) is 19.9 Å². The Bertz CT molecular complexity index is 564. The molecule has 0 fully saturated rings.